The number of hydrogen-bond acceptors (Lipinski definition) is 7. The number of anilines is 1. The van der Waals surface area contributed by atoms with Crippen LogP contribution >= 0.6 is 11.8 Å². The Bertz CT molecular complexity index is 1010. The number of ether oxygens (including phenoxy) is 1. The van der Waals surface area contributed by atoms with Crippen molar-refractivity contribution in [3.63, 3.8) is 0 Å². The number of aromatic nitrogens is 4. The summed E-state index contributed by atoms with van der Waals surface area (Å²) < 4.78 is 7.00. The molecule has 3 aromatic rings. The number of rotatable bonds is 8. The van der Waals surface area contributed by atoms with Gasteiger partial charge < -0.3 is 15.0 Å². The molecule has 1 N–H and O–H groups in total. The Labute approximate surface area is 180 Å². The lowest BCUT2D eigenvalue weighted by molar-refractivity contribution is -0.120. The van der Waals surface area contributed by atoms with E-state index in [-0.39, 0.29) is 5.91 Å². The molecule has 1 fully saturated rings. The van der Waals surface area contributed by atoms with Crippen molar-refractivity contribution in [2.24, 2.45) is 0 Å². The number of nitrogens with zero attached hydrogens (tertiary/aromatic N) is 5. The molecule has 8 nitrogen and oxygen atoms in total. The average Bonchev–Trinajstić information content (AvgIpc) is 3.44. The van der Waals surface area contributed by atoms with Crippen molar-refractivity contribution < 1.29 is 9.53 Å². The normalized spacial score (nSPS) is 13.7. The van der Waals surface area contributed by atoms with Crippen molar-refractivity contribution in [2.45, 2.75) is 31.0 Å². The molecule has 158 valence electrons. The minimum absolute atomic E-state index is 0.0196. The summed E-state index contributed by atoms with van der Waals surface area (Å²) in [6.07, 6.45) is 6.53. The first-order valence-electron chi connectivity index (χ1n) is 10.1. The fourth-order valence-electron chi connectivity index (χ4n) is 3.64. The van der Waals surface area contributed by atoms with Crippen LogP contribution in [0.2, 0.25) is 0 Å². The molecule has 4 rings (SSSR count). The molecule has 30 heavy (non-hydrogen) atoms. The molecular formula is C21H26N6O2S. The molecule has 0 saturated carbocycles. The third kappa shape index (κ3) is 4.51. The summed E-state index contributed by atoms with van der Waals surface area (Å²) >= 11 is 1.53. The number of benzene rings is 1. The molecular weight excluding hydrogens is 400 g/mol. The largest absolute Gasteiger partial charge is 0.497 e. The SMILES string of the molecule is COc1ccc(CC(=O)NCCn2ncc3c(N4CCCC4)nc(SC)nc32)cc1. The second-order valence-electron chi connectivity index (χ2n) is 7.21. The number of carbonyl (C=O) groups is 1. The van der Waals surface area contributed by atoms with Crippen LogP contribution in [0.5, 0.6) is 5.75 Å². The summed E-state index contributed by atoms with van der Waals surface area (Å²) in [6.45, 7) is 3.09. The van der Waals surface area contributed by atoms with Crippen LogP contribution in [0.4, 0.5) is 5.82 Å². The number of thioether (sulfide) groups is 1. The third-order valence-corrected chi connectivity index (χ3v) is 5.76. The van der Waals surface area contributed by atoms with E-state index < -0.39 is 0 Å². The van der Waals surface area contributed by atoms with Crippen LogP contribution in [0, 0.1) is 0 Å². The Kier molecular flexibility index (Phi) is 6.37. The van der Waals surface area contributed by atoms with E-state index in [1.54, 1.807) is 7.11 Å². The predicted octanol–water partition coefficient (Wildman–Crippen LogP) is 2.52. The predicted molar refractivity (Wildman–Crippen MR) is 118 cm³/mol. The lowest BCUT2D eigenvalue weighted by Gasteiger charge is -2.17. The van der Waals surface area contributed by atoms with Crippen LogP contribution in [0.25, 0.3) is 11.0 Å². The lowest BCUT2D eigenvalue weighted by Crippen LogP contribution is -2.29. The molecule has 0 aliphatic carbocycles. The molecule has 0 radical (unpaired) electrons. The highest BCUT2D eigenvalue weighted by Gasteiger charge is 2.20. The van der Waals surface area contributed by atoms with E-state index in [1.165, 1.54) is 24.6 Å². The summed E-state index contributed by atoms with van der Waals surface area (Å²) in [4.78, 5) is 24.0. The fraction of sp³-hybridized carbons (Fsp3) is 0.429. The average molecular weight is 427 g/mol. The molecule has 1 aliphatic rings. The highest BCUT2D eigenvalue weighted by Crippen LogP contribution is 2.28. The van der Waals surface area contributed by atoms with Gasteiger partial charge in [0, 0.05) is 19.6 Å². The molecule has 1 saturated heterocycles. The van der Waals surface area contributed by atoms with Gasteiger partial charge in [-0.2, -0.15) is 5.10 Å². The van der Waals surface area contributed by atoms with Gasteiger partial charge >= 0.3 is 0 Å². The molecule has 1 amide bonds. The van der Waals surface area contributed by atoms with E-state index in [9.17, 15) is 4.79 Å². The maximum atomic E-state index is 12.3. The van der Waals surface area contributed by atoms with Crippen molar-refractivity contribution in [3.05, 3.63) is 36.0 Å². The van der Waals surface area contributed by atoms with Crippen molar-refractivity contribution in [2.75, 3.05) is 37.9 Å². The first kappa shape index (κ1) is 20.5. The molecule has 0 bridgehead atoms. The molecule has 0 spiro atoms. The smallest absolute Gasteiger partial charge is 0.224 e. The van der Waals surface area contributed by atoms with Crippen molar-refractivity contribution in [1.29, 1.82) is 0 Å². The van der Waals surface area contributed by atoms with Crippen molar-refractivity contribution >= 4 is 34.5 Å². The lowest BCUT2D eigenvalue weighted by atomic mass is 10.1. The Morgan fingerprint density at radius 1 is 1.20 bits per heavy atom. The topological polar surface area (TPSA) is 85.2 Å². The van der Waals surface area contributed by atoms with Crippen LogP contribution in [0.3, 0.4) is 0 Å². The van der Waals surface area contributed by atoms with E-state index in [2.05, 4.69) is 20.3 Å². The maximum absolute atomic E-state index is 12.3. The highest BCUT2D eigenvalue weighted by molar-refractivity contribution is 7.98. The number of carbonyl (C=O) groups excluding carboxylic acids is 1. The quantitative estimate of drug-likeness (QED) is 0.438. The van der Waals surface area contributed by atoms with Gasteiger partial charge in [0.1, 0.15) is 11.6 Å². The van der Waals surface area contributed by atoms with Crippen LogP contribution in [0.15, 0.2) is 35.6 Å². The van der Waals surface area contributed by atoms with E-state index in [4.69, 9.17) is 9.72 Å². The minimum atomic E-state index is -0.0196. The van der Waals surface area contributed by atoms with Gasteiger partial charge in [-0.25, -0.2) is 14.6 Å². The Morgan fingerprint density at radius 3 is 2.67 bits per heavy atom. The third-order valence-electron chi connectivity index (χ3n) is 5.21. The molecule has 9 heteroatoms. The number of methoxy groups -OCH3 is 1. The van der Waals surface area contributed by atoms with Gasteiger partial charge in [-0.1, -0.05) is 23.9 Å². The molecule has 1 aliphatic heterocycles. The summed E-state index contributed by atoms with van der Waals surface area (Å²) in [5, 5.41) is 9.20. The summed E-state index contributed by atoms with van der Waals surface area (Å²) in [6, 6.07) is 7.53. The zero-order chi connectivity index (χ0) is 20.9. The van der Waals surface area contributed by atoms with Gasteiger partial charge in [0.2, 0.25) is 5.91 Å². The van der Waals surface area contributed by atoms with Gasteiger partial charge in [-0.3, -0.25) is 4.79 Å². The second kappa shape index (κ2) is 9.34. The van der Waals surface area contributed by atoms with Gasteiger partial charge in [0.05, 0.1) is 31.7 Å². The molecule has 1 aromatic carbocycles. The van der Waals surface area contributed by atoms with E-state index in [1.807, 2.05) is 41.4 Å². The standard InChI is InChI=1S/C21H26N6O2S/c1-29-16-7-5-15(6-8-16)13-18(28)22-9-12-27-20-17(14-23-27)19(24-21(25-20)30-2)26-10-3-4-11-26/h5-8,14H,3-4,9-13H2,1-2H3,(H,22,28). The van der Waals surface area contributed by atoms with Crippen LogP contribution in [-0.2, 0) is 17.8 Å². The summed E-state index contributed by atoms with van der Waals surface area (Å²) in [5.41, 5.74) is 1.77. The summed E-state index contributed by atoms with van der Waals surface area (Å²) in [7, 11) is 1.63. The van der Waals surface area contributed by atoms with E-state index >= 15 is 0 Å². The van der Waals surface area contributed by atoms with Crippen LogP contribution < -0.4 is 15.0 Å². The van der Waals surface area contributed by atoms with Crippen molar-refractivity contribution in [1.82, 2.24) is 25.1 Å². The van der Waals surface area contributed by atoms with Gasteiger partial charge in [0.25, 0.3) is 0 Å². The monoisotopic (exact) mass is 426 g/mol. The zero-order valence-corrected chi connectivity index (χ0v) is 18.1. The van der Waals surface area contributed by atoms with Crippen LogP contribution in [-0.4, -0.2) is 58.7 Å². The first-order chi connectivity index (χ1) is 14.7. The molecule has 3 heterocycles. The van der Waals surface area contributed by atoms with Gasteiger partial charge in [0.15, 0.2) is 10.8 Å². The molecule has 2 aromatic heterocycles. The molecule has 0 atom stereocenters. The number of fused-ring (bicyclic) bond motifs is 1. The first-order valence-corrected chi connectivity index (χ1v) is 11.3. The Balaban J connectivity index is 1.41. The van der Waals surface area contributed by atoms with E-state index in [0.717, 1.165) is 46.4 Å². The second-order valence-corrected chi connectivity index (χ2v) is 7.98. The van der Waals surface area contributed by atoms with Gasteiger partial charge in [-0.15, -0.1) is 0 Å². The van der Waals surface area contributed by atoms with E-state index in [0.29, 0.717) is 19.5 Å². The summed E-state index contributed by atoms with van der Waals surface area (Å²) in [5.74, 6) is 1.73. The van der Waals surface area contributed by atoms with Gasteiger partial charge in [-0.05, 0) is 36.8 Å². The Morgan fingerprint density at radius 2 is 1.97 bits per heavy atom. The fourth-order valence-corrected chi connectivity index (χ4v) is 3.99. The van der Waals surface area contributed by atoms with Crippen molar-refractivity contribution in [3.8, 4) is 5.75 Å². The minimum Gasteiger partial charge on any atom is -0.497 e. The highest BCUT2D eigenvalue weighted by atomic mass is 32.2. The zero-order valence-electron chi connectivity index (χ0n) is 17.3. The van der Waals surface area contributed by atoms with Crippen LogP contribution in [0.1, 0.15) is 18.4 Å². The maximum Gasteiger partial charge on any atom is 0.224 e. The number of hydrogen-bond donors (Lipinski definition) is 1. The molecule has 0 unspecified atom stereocenters. The Hall–Kier alpha value is -2.81. The number of nitrogens with one attached hydrogen (secondary N) is 1. The number of amides is 1.